The van der Waals surface area contributed by atoms with E-state index in [2.05, 4.69) is 38.3 Å². The molecular formula is C16H25NOS. The summed E-state index contributed by atoms with van der Waals surface area (Å²) in [6.45, 7) is 7.86. The summed E-state index contributed by atoms with van der Waals surface area (Å²) in [7, 11) is 0. The summed E-state index contributed by atoms with van der Waals surface area (Å²) in [6, 6.07) is 4.22. The van der Waals surface area contributed by atoms with E-state index in [1.807, 2.05) is 0 Å². The van der Waals surface area contributed by atoms with Crippen LogP contribution in [0.4, 0.5) is 0 Å². The third kappa shape index (κ3) is 1.90. The van der Waals surface area contributed by atoms with Crippen LogP contribution >= 0.6 is 11.3 Å². The quantitative estimate of drug-likeness (QED) is 0.905. The zero-order valence-corrected chi connectivity index (χ0v) is 13.0. The Kier molecular flexibility index (Phi) is 3.27. The summed E-state index contributed by atoms with van der Waals surface area (Å²) in [4.78, 5) is 1.27. The van der Waals surface area contributed by atoms with Gasteiger partial charge in [0.2, 0.25) is 0 Å². The maximum absolute atomic E-state index is 6.46. The monoisotopic (exact) mass is 279 g/mol. The minimum atomic E-state index is 0.0805. The Hall–Kier alpha value is -0.380. The van der Waals surface area contributed by atoms with Crippen LogP contribution < -0.4 is 5.73 Å². The Morgan fingerprint density at radius 3 is 2.74 bits per heavy atom. The number of fused-ring (bicyclic) bond motifs is 2. The number of hydrogen-bond donors (Lipinski definition) is 1. The van der Waals surface area contributed by atoms with E-state index in [0.29, 0.717) is 23.5 Å². The molecule has 2 aliphatic rings. The molecule has 2 saturated carbocycles. The molecule has 4 unspecified atom stereocenters. The van der Waals surface area contributed by atoms with Gasteiger partial charge in [0.15, 0.2) is 0 Å². The van der Waals surface area contributed by atoms with Crippen LogP contribution in [0.5, 0.6) is 0 Å². The van der Waals surface area contributed by atoms with Crippen molar-refractivity contribution in [3.8, 4) is 0 Å². The van der Waals surface area contributed by atoms with Gasteiger partial charge in [-0.3, -0.25) is 0 Å². The summed E-state index contributed by atoms with van der Waals surface area (Å²) in [6.07, 6.45) is 4.34. The van der Waals surface area contributed by atoms with E-state index in [0.717, 1.165) is 5.92 Å². The van der Waals surface area contributed by atoms with E-state index >= 15 is 0 Å². The molecule has 0 spiro atoms. The second-order valence-electron chi connectivity index (χ2n) is 6.97. The molecule has 1 aromatic rings. The largest absolute Gasteiger partial charge is 0.368 e. The van der Waals surface area contributed by atoms with Gasteiger partial charge in [0.05, 0.1) is 6.10 Å². The summed E-state index contributed by atoms with van der Waals surface area (Å²) < 4.78 is 6.46. The van der Waals surface area contributed by atoms with E-state index in [1.54, 1.807) is 11.3 Å². The highest BCUT2D eigenvalue weighted by Gasteiger charge is 2.62. The number of hydrogen-bond acceptors (Lipinski definition) is 3. The first-order chi connectivity index (χ1) is 8.99. The molecule has 3 heteroatoms. The van der Waals surface area contributed by atoms with Crippen molar-refractivity contribution < 1.29 is 4.74 Å². The fourth-order valence-corrected chi connectivity index (χ4v) is 5.02. The molecule has 0 aliphatic heterocycles. The summed E-state index contributed by atoms with van der Waals surface area (Å²) >= 11 is 1.75. The second-order valence-corrected chi connectivity index (χ2v) is 7.95. The maximum atomic E-state index is 6.46. The minimum absolute atomic E-state index is 0.0805. The van der Waals surface area contributed by atoms with E-state index in [4.69, 9.17) is 10.5 Å². The molecule has 1 aromatic heterocycles. The van der Waals surface area contributed by atoms with E-state index in [1.165, 1.54) is 24.1 Å². The van der Waals surface area contributed by atoms with Crippen LogP contribution in [0.1, 0.15) is 51.0 Å². The van der Waals surface area contributed by atoms with Crippen molar-refractivity contribution in [2.45, 2.75) is 52.2 Å². The lowest BCUT2D eigenvalue weighted by Crippen LogP contribution is -2.38. The predicted octanol–water partition coefficient (Wildman–Crippen LogP) is 3.98. The number of rotatable bonds is 4. The zero-order chi connectivity index (χ0) is 13.7. The van der Waals surface area contributed by atoms with Gasteiger partial charge in [-0.15, -0.1) is 11.3 Å². The Morgan fingerprint density at radius 2 is 2.26 bits per heavy atom. The Bertz CT molecular complexity index is 442. The van der Waals surface area contributed by atoms with E-state index in [-0.39, 0.29) is 6.10 Å². The van der Waals surface area contributed by atoms with Gasteiger partial charge in [-0.1, -0.05) is 26.8 Å². The highest BCUT2D eigenvalue weighted by Crippen LogP contribution is 2.66. The topological polar surface area (TPSA) is 35.2 Å². The van der Waals surface area contributed by atoms with Crippen molar-refractivity contribution in [1.29, 1.82) is 0 Å². The van der Waals surface area contributed by atoms with Crippen LogP contribution in [0.15, 0.2) is 17.5 Å². The van der Waals surface area contributed by atoms with Crippen LogP contribution in [0.2, 0.25) is 0 Å². The lowest BCUT2D eigenvalue weighted by molar-refractivity contribution is -0.0837. The van der Waals surface area contributed by atoms with Gasteiger partial charge in [0.1, 0.15) is 6.10 Å². The average molecular weight is 279 g/mol. The van der Waals surface area contributed by atoms with Crippen molar-refractivity contribution in [1.82, 2.24) is 0 Å². The molecule has 19 heavy (non-hydrogen) atoms. The zero-order valence-electron chi connectivity index (χ0n) is 12.2. The SMILES string of the molecule is CC1(C)C2CCC1(C)C(OC(CN)c1cccs1)C2. The molecule has 3 rings (SSSR count). The van der Waals surface area contributed by atoms with E-state index in [9.17, 15) is 0 Å². The first kappa shape index (κ1) is 13.6. The fraction of sp³-hybridized carbons (Fsp3) is 0.750. The second kappa shape index (κ2) is 4.57. The van der Waals surface area contributed by atoms with Crippen molar-refractivity contribution in [2.24, 2.45) is 22.5 Å². The molecule has 2 N–H and O–H groups in total. The predicted molar refractivity (Wildman–Crippen MR) is 80.2 cm³/mol. The molecule has 4 atom stereocenters. The minimum Gasteiger partial charge on any atom is -0.368 e. The van der Waals surface area contributed by atoms with Crippen LogP contribution in [0.25, 0.3) is 0 Å². The molecule has 2 fully saturated rings. The third-order valence-corrected chi connectivity index (χ3v) is 7.08. The summed E-state index contributed by atoms with van der Waals surface area (Å²) in [5.41, 5.74) is 6.66. The molecule has 106 valence electrons. The summed E-state index contributed by atoms with van der Waals surface area (Å²) in [5.74, 6) is 0.823. The van der Waals surface area contributed by atoms with E-state index < -0.39 is 0 Å². The van der Waals surface area contributed by atoms with Gasteiger partial charge in [-0.05, 0) is 47.5 Å². The molecular weight excluding hydrogens is 254 g/mol. The lowest BCUT2D eigenvalue weighted by Gasteiger charge is -2.40. The Labute approximate surface area is 120 Å². The first-order valence-electron chi connectivity index (χ1n) is 7.38. The highest BCUT2D eigenvalue weighted by molar-refractivity contribution is 7.10. The molecule has 1 heterocycles. The fourth-order valence-electron chi connectivity index (χ4n) is 4.25. The van der Waals surface area contributed by atoms with Gasteiger partial charge in [0, 0.05) is 11.4 Å². The molecule has 2 bridgehead atoms. The Balaban J connectivity index is 1.78. The maximum Gasteiger partial charge on any atom is 0.104 e. The van der Waals surface area contributed by atoms with Crippen molar-refractivity contribution in [3.63, 3.8) is 0 Å². The molecule has 0 radical (unpaired) electrons. The molecule has 0 amide bonds. The standard InChI is InChI=1S/C16H25NOS/c1-15(2)11-6-7-16(15,3)14(9-11)18-12(10-17)13-5-4-8-19-13/h4-5,8,11-12,14H,6-7,9-10,17H2,1-3H3. The van der Waals surface area contributed by atoms with Crippen molar-refractivity contribution >= 4 is 11.3 Å². The average Bonchev–Trinajstić information content (AvgIpc) is 3.01. The van der Waals surface area contributed by atoms with Gasteiger partial charge >= 0.3 is 0 Å². The lowest BCUT2D eigenvalue weighted by atomic mass is 9.70. The number of ether oxygens (including phenoxy) is 1. The third-order valence-electron chi connectivity index (χ3n) is 6.12. The first-order valence-corrected chi connectivity index (χ1v) is 8.26. The molecule has 2 nitrogen and oxygen atoms in total. The number of thiophene rings is 1. The van der Waals surface area contributed by atoms with Crippen molar-refractivity contribution in [3.05, 3.63) is 22.4 Å². The van der Waals surface area contributed by atoms with Crippen LogP contribution in [0, 0.1) is 16.7 Å². The van der Waals surface area contributed by atoms with Crippen LogP contribution in [-0.2, 0) is 4.74 Å². The molecule has 0 saturated heterocycles. The molecule has 2 aliphatic carbocycles. The van der Waals surface area contributed by atoms with Gasteiger partial charge in [-0.25, -0.2) is 0 Å². The number of nitrogens with two attached hydrogens (primary N) is 1. The van der Waals surface area contributed by atoms with Crippen LogP contribution in [0.3, 0.4) is 0 Å². The Morgan fingerprint density at radius 1 is 1.47 bits per heavy atom. The smallest absolute Gasteiger partial charge is 0.104 e. The van der Waals surface area contributed by atoms with Gasteiger partial charge < -0.3 is 10.5 Å². The normalized spacial score (nSPS) is 37.7. The van der Waals surface area contributed by atoms with Crippen LogP contribution in [-0.4, -0.2) is 12.6 Å². The highest BCUT2D eigenvalue weighted by atomic mass is 32.1. The molecule has 0 aromatic carbocycles. The van der Waals surface area contributed by atoms with Gasteiger partial charge in [-0.2, -0.15) is 0 Å². The summed E-state index contributed by atoms with van der Waals surface area (Å²) in [5, 5.41) is 2.10. The van der Waals surface area contributed by atoms with Crippen molar-refractivity contribution in [2.75, 3.05) is 6.54 Å². The van der Waals surface area contributed by atoms with Gasteiger partial charge in [0.25, 0.3) is 0 Å².